The Bertz CT molecular complexity index is 306. The van der Waals surface area contributed by atoms with Gasteiger partial charge >= 0.3 is 0 Å². The number of carbonyl (C=O) groups excluding carboxylic acids is 1. The molecule has 0 aliphatic carbocycles. The molecular formula is C13H19NO. The van der Waals surface area contributed by atoms with E-state index in [1.54, 1.807) is 0 Å². The van der Waals surface area contributed by atoms with Gasteiger partial charge in [0, 0.05) is 18.7 Å². The van der Waals surface area contributed by atoms with Crippen molar-refractivity contribution in [2.24, 2.45) is 0 Å². The zero-order chi connectivity index (χ0) is 11.3. The van der Waals surface area contributed by atoms with Crippen molar-refractivity contribution in [3.8, 4) is 0 Å². The summed E-state index contributed by atoms with van der Waals surface area (Å²) >= 11 is 0. The highest BCUT2D eigenvalue weighted by Gasteiger charge is 2.19. The normalized spacial score (nSPS) is 17.5. The smallest absolute Gasteiger partial charge is 0.253 e. The van der Waals surface area contributed by atoms with Gasteiger partial charge in [-0.3, -0.25) is 4.79 Å². The van der Waals surface area contributed by atoms with Crippen molar-refractivity contribution in [3.05, 3.63) is 36.0 Å². The number of rotatable bonds is 3. The minimum atomic E-state index is 0.146. The summed E-state index contributed by atoms with van der Waals surface area (Å²) in [7, 11) is 0. The quantitative estimate of drug-likeness (QED) is 0.512. The minimum absolute atomic E-state index is 0.146. The highest BCUT2D eigenvalue weighted by Crippen LogP contribution is 2.12. The van der Waals surface area contributed by atoms with Gasteiger partial charge in [0.25, 0.3) is 5.91 Å². The third-order valence-corrected chi connectivity index (χ3v) is 2.50. The third kappa shape index (κ3) is 3.39. The first-order valence-electron chi connectivity index (χ1n) is 5.44. The van der Waals surface area contributed by atoms with E-state index in [0.717, 1.165) is 37.1 Å². The van der Waals surface area contributed by atoms with Gasteiger partial charge in [0.05, 0.1) is 0 Å². The predicted molar refractivity (Wildman–Crippen MR) is 63.5 cm³/mol. The summed E-state index contributed by atoms with van der Waals surface area (Å²) in [5.74, 6) is 0.146. The molecule has 0 aromatic carbocycles. The Labute approximate surface area is 92.0 Å². The zero-order valence-electron chi connectivity index (χ0n) is 9.62. The number of likely N-dealkylation sites (tertiary alicyclic amines) is 1. The van der Waals surface area contributed by atoms with Crippen LogP contribution >= 0.6 is 0 Å². The number of hydrogen-bond acceptors (Lipinski definition) is 1. The zero-order valence-corrected chi connectivity index (χ0v) is 9.62. The first kappa shape index (κ1) is 11.8. The molecule has 1 amide bonds. The molecule has 2 heteroatoms. The Morgan fingerprint density at radius 1 is 1.27 bits per heavy atom. The lowest BCUT2D eigenvalue weighted by atomic mass is 10.2. The van der Waals surface area contributed by atoms with Crippen LogP contribution in [0.5, 0.6) is 0 Å². The van der Waals surface area contributed by atoms with E-state index in [4.69, 9.17) is 0 Å². The van der Waals surface area contributed by atoms with Crippen molar-refractivity contribution in [2.45, 2.75) is 26.7 Å². The van der Waals surface area contributed by atoms with Crippen molar-refractivity contribution in [1.29, 1.82) is 0 Å². The molecular weight excluding hydrogens is 186 g/mol. The molecule has 0 spiro atoms. The SMILES string of the molecule is C=C(C)C=CC(=CC)C(=O)N1CCCC1. The second-order valence-corrected chi connectivity index (χ2v) is 3.92. The molecule has 0 N–H and O–H groups in total. The number of carbonyl (C=O) groups is 1. The van der Waals surface area contributed by atoms with Crippen molar-refractivity contribution in [1.82, 2.24) is 4.90 Å². The fraction of sp³-hybridized carbons (Fsp3) is 0.462. The molecule has 82 valence electrons. The van der Waals surface area contributed by atoms with Gasteiger partial charge in [0.15, 0.2) is 0 Å². The Balaban J connectivity index is 2.66. The maximum atomic E-state index is 12.0. The van der Waals surface area contributed by atoms with Crippen molar-refractivity contribution >= 4 is 5.91 Å². The monoisotopic (exact) mass is 205 g/mol. The molecule has 0 aromatic heterocycles. The van der Waals surface area contributed by atoms with E-state index in [2.05, 4.69) is 6.58 Å². The van der Waals surface area contributed by atoms with Crippen LogP contribution in [0, 0.1) is 0 Å². The van der Waals surface area contributed by atoms with Gasteiger partial charge in [0.2, 0.25) is 0 Å². The minimum Gasteiger partial charge on any atom is -0.339 e. The van der Waals surface area contributed by atoms with Crippen LogP contribution in [0.3, 0.4) is 0 Å². The fourth-order valence-corrected chi connectivity index (χ4v) is 1.63. The summed E-state index contributed by atoms with van der Waals surface area (Å²) in [6.07, 6.45) is 7.85. The van der Waals surface area contributed by atoms with Gasteiger partial charge in [-0.25, -0.2) is 0 Å². The average Bonchev–Trinajstić information content (AvgIpc) is 2.70. The molecule has 0 radical (unpaired) electrons. The summed E-state index contributed by atoms with van der Waals surface area (Å²) in [4.78, 5) is 13.9. The number of allylic oxidation sites excluding steroid dienone is 3. The van der Waals surface area contributed by atoms with Crippen LogP contribution in [-0.2, 0) is 4.79 Å². The molecule has 1 rings (SSSR count). The molecule has 2 nitrogen and oxygen atoms in total. The van der Waals surface area contributed by atoms with Crippen LogP contribution in [0.2, 0.25) is 0 Å². The van der Waals surface area contributed by atoms with Crippen LogP contribution in [-0.4, -0.2) is 23.9 Å². The van der Waals surface area contributed by atoms with Crippen molar-refractivity contribution < 1.29 is 4.79 Å². The lowest BCUT2D eigenvalue weighted by Crippen LogP contribution is -2.28. The predicted octanol–water partition coefficient (Wildman–Crippen LogP) is 2.69. The molecule has 1 aliphatic heterocycles. The largest absolute Gasteiger partial charge is 0.339 e. The highest BCUT2D eigenvalue weighted by atomic mass is 16.2. The molecule has 15 heavy (non-hydrogen) atoms. The Morgan fingerprint density at radius 2 is 1.87 bits per heavy atom. The van der Waals surface area contributed by atoms with Gasteiger partial charge in [0.1, 0.15) is 0 Å². The van der Waals surface area contributed by atoms with Gasteiger partial charge in [-0.1, -0.05) is 24.3 Å². The van der Waals surface area contributed by atoms with Gasteiger partial charge in [-0.15, -0.1) is 0 Å². The maximum absolute atomic E-state index is 12.0. The summed E-state index contributed by atoms with van der Waals surface area (Å²) < 4.78 is 0. The molecule has 1 heterocycles. The Kier molecular flexibility index (Phi) is 4.35. The molecule has 0 saturated carbocycles. The van der Waals surface area contributed by atoms with Crippen LogP contribution in [0.1, 0.15) is 26.7 Å². The van der Waals surface area contributed by atoms with Crippen LogP contribution in [0.4, 0.5) is 0 Å². The Hall–Kier alpha value is -1.31. The second kappa shape index (κ2) is 5.54. The third-order valence-electron chi connectivity index (χ3n) is 2.50. The first-order valence-corrected chi connectivity index (χ1v) is 5.44. The topological polar surface area (TPSA) is 20.3 Å². The van der Waals surface area contributed by atoms with E-state index in [9.17, 15) is 4.79 Å². The van der Waals surface area contributed by atoms with Crippen molar-refractivity contribution in [3.63, 3.8) is 0 Å². The van der Waals surface area contributed by atoms with Crippen LogP contribution in [0.25, 0.3) is 0 Å². The number of hydrogen-bond donors (Lipinski definition) is 0. The number of nitrogens with zero attached hydrogens (tertiary/aromatic N) is 1. The lowest BCUT2D eigenvalue weighted by molar-refractivity contribution is -0.125. The van der Waals surface area contributed by atoms with E-state index in [0.29, 0.717) is 0 Å². The molecule has 0 unspecified atom stereocenters. The fourth-order valence-electron chi connectivity index (χ4n) is 1.63. The van der Waals surface area contributed by atoms with Crippen molar-refractivity contribution in [2.75, 3.05) is 13.1 Å². The standard InChI is InChI=1S/C13H19NO/c1-4-12(8-7-11(2)3)13(15)14-9-5-6-10-14/h4,7-8H,2,5-6,9-10H2,1,3H3. The molecule has 0 atom stereocenters. The number of amides is 1. The van der Waals surface area contributed by atoms with E-state index < -0.39 is 0 Å². The highest BCUT2D eigenvalue weighted by molar-refractivity contribution is 5.96. The van der Waals surface area contributed by atoms with Gasteiger partial charge in [-0.05, 0) is 32.8 Å². The molecule has 1 fully saturated rings. The summed E-state index contributed by atoms with van der Waals surface area (Å²) in [6.45, 7) is 9.39. The summed E-state index contributed by atoms with van der Waals surface area (Å²) in [5.41, 5.74) is 1.73. The maximum Gasteiger partial charge on any atom is 0.253 e. The first-order chi connectivity index (χ1) is 7.15. The molecule has 1 aliphatic rings. The van der Waals surface area contributed by atoms with Crippen LogP contribution < -0.4 is 0 Å². The summed E-state index contributed by atoms with van der Waals surface area (Å²) in [6, 6.07) is 0. The second-order valence-electron chi connectivity index (χ2n) is 3.92. The summed E-state index contributed by atoms with van der Waals surface area (Å²) in [5, 5.41) is 0. The van der Waals surface area contributed by atoms with E-state index >= 15 is 0 Å². The van der Waals surface area contributed by atoms with E-state index in [1.807, 2.05) is 37.0 Å². The average molecular weight is 205 g/mol. The van der Waals surface area contributed by atoms with E-state index in [1.165, 1.54) is 0 Å². The van der Waals surface area contributed by atoms with E-state index in [-0.39, 0.29) is 5.91 Å². The molecule has 0 bridgehead atoms. The molecule has 0 aromatic rings. The molecule has 1 saturated heterocycles. The Morgan fingerprint density at radius 3 is 2.33 bits per heavy atom. The van der Waals surface area contributed by atoms with Crippen LogP contribution in [0.15, 0.2) is 36.0 Å². The van der Waals surface area contributed by atoms with Gasteiger partial charge < -0.3 is 4.90 Å². The van der Waals surface area contributed by atoms with Gasteiger partial charge in [-0.2, -0.15) is 0 Å². The lowest BCUT2D eigenvalue weighted by Gasteiger charge is -2.15.